The smallest absolute Gasteiger partial charge is 0.123 e. The fourth-order valence-corrected chi connectivity index (χ4v) is 2.50. The fraction of sp³-hybridized carbons (Fsp3) is 0.200. The first-order valence-corrected chi connectivity index (χ1v) is 7.13. The van der Waals surface area contributed by atoms with Crippen molar-refractivity contribution in [3.05, 3.63) is 63.1 Å². The molecule has 2 aromatic rings. The first kappa shape index (κ1) is 14.4. The molecule has 0 unspecified atom stereocenters. The minimum Gasteiger partial charge on any atom is -0.496 e. The molecular weight excluding hydrogens is 326 g/mol. The van der Waals surface area contributed by atoms with Crippen LogP contribution in [0.4, 0.5) is 0 Å². The van der Waals surface area contributed by atoms with E-state index in [2.05, 4.69) is 33.4 Å². The second-order valence-corrected chi connectivity index (χ2v) is 5.54. The molecule has 100 valence electrons. The Balaban J connectivity index is 1.97. The number of benzene rings is 2. The number of methoxy groups -OCH3 is 1. The van der Waals surface area contributed by atoms with E-state index in [1.165, 1.54) is 5.56 Å². The second kappa shape index (κ2) is 6.94. The van der Waals surface area contributed by atoms with Crippen LogP contribution in [0.15, 0.2) is 46.9 Å². The molecule has 0 bridgehead atoms. The molecule has 2 aromatic carbocycles. The molecular formula is C15H15BrClNO. The lowest BCUT2D eigenvalue weighted by molar-refractivity contribution is 0.407. The quantitative estimate of drug-likeness (QED) is 0.871. The molecule has 2 rings (SSSR count). The molecule has 0 aliphatic rings. The molecule has 0 spiro atoms. The zero-order valence-corrected chi connectivity index (χ0v) is 13.0. The average Bonchev–Trinajstić information content (AvgIpc) is 2.39. The van der Waals surface area contributed by atoms with E-state index in [1.54, 1.807) is 7.11 Å². The minimum absolute atomic E-state index is 0.745. The monoisotopic (exact) mass is 339 g/mol. The normalized spacial score (nSPS) is 10.5. The first-order chi connectivity index (χ1) is 9.19. The van der Waals surface area contributed by atoms with Gasteiger partial charge < -0.3 is 10.1 Å². The van der Waals surface area contributed by atoms with Crippen LogP contribution >= 0.6 is 27.5 Å². The minimum atomic E-state index is 0.745. The van der Waals surface area contributed by atoms with Crippen LogP contribution < -0.4 is 10.1 Å². The summed E-state index contributed by atoms with van der Waals surface area (Å²) in [6, 6.07) is 13.8. The molecule has 0 aromatic heterocycles. The number of hydrogen-bond acceptors (Lipinski definition) is 2. The van der Waals surface area contributed by atoms with Gasteiger partial charge in [-0.2, -0.15) is 0 Å². The van der Waals surface area contributed by atoms with Crippen molar-refractivity contribution in [1.29, 1.82) is 0 Å². The molecule has 0 atom stereocenters. The first-order valence-electron chi connectivity index (χ1n) is 5.96. The van der Waals surface area contributed by atoms with Gasteiger partial charge in [0.2, 0.25) is 0 Å². The van der Waals surface area contributed by atoms with Gasteiger partial charge in [0, 0.05) is 28.1 Å². The summed E-state index contributed by atoms with van der Waals surface area (Å²) in [5.41, 5.74) is 2.29. The number of hydrogen-bond donors (Lipinski definition) is 1. The number of ether oxygens (including phenoxy) is 1. The van der Waals surface area contributed by atoms with Gasteiger partial charge in [-0.3, -0.25) is 0 Å². The lowest BCUT2D eigenvalue weighted by Crippen LogP contribution is -2.13. The second-order valence-electron chi connectivity index (χ2n) is 4.19. The van der Waals surface area contributed by atoms with Crippen LogP contribution in [0.2, 0.25) is 5.02 Å². The Morgan fingerprint density at radius 3 is 2.74 bits per heavy atom. The van der Waals surface area contributed by atoms with Crippen LogP contribution in [0.25, 0.3) is 0 Å². The Kier molecular flexibility index (Phi) is 5.25. The highest BCUT2D eigenvalue weighted by molar-refractivity contribution is 9.10. The zero-order chi connectivity index (χ0) is 13.7. The van der Waals surface area contributed by atoms with E-state index in [0.717, 1.165) is 33.9 Å². The lowest BCUT2D eigenvalue weighted by Gasteiger charge is -2.10. The van der Waals surface area contributed by atoms with E-state index in [9.17, 15) is 0 Å². The van der Waals surface area contributed by atoms with Crippen LogP contribution in [0, 0.1) is 0 Å². The highest BCUT2D eigenvalue weighted by atomic mass is 79.9. The van der Waals surface area contributed by atoms with Crippen molar-refractivity contribution in [1.82, 2.24) is 5.32 Å². The van der Waals surface area contributed by atoms with Crippen molar-refractivity contribution >= 4 is 27.5 Å². The van der Waals surface area contributed by atoms with Crippen LogP contribution in [0.5, 0.6) is 5.75 Å². The molecule has 0 aliphatic carbocycles. The van der Waals surface area contributed by atoms with Crippen LogP contribution in [-0.4, -0.2) is 7.11 Å². The molecule has 19 heavy (non-hydrogen) atoms. The highest BCUT2D eigenvalue weighted by Gasteiger charge is 2.03. The summed E-state index contributed by atoms with van der Waals surface area (Å²) in [5.74, 6) is 0.891. The summed E-state index contributed by atoms with van der Waals surface area (Å²) < 4.78 is 6.39. The average molecular weight is 341 g/mol. The van der Waals surface area contributed by atoms with Crippen molar-refractivity contribution in [2.24, 2.45) is 0 Å². The van der Waals surface area contributed by atoms with Crippen molar-refractivity contribution in [2.75, 3.05) is 7.11 Å². The van der Waals surface area contributed by atoms with E-state index in [1.807, 2.05) is 30.3 Å². The summed E-state index contributed by atoms with van der Waals surface area (Å²) in [4.78, 5) is 0. The Bertz CT molecular complexity index is 560. The van der Waals surface area contributed by atoms with Gasteiger partial charge in [-0.1, -0.05) is 39.7 Å². The van der Waals surface area contributed by atoms with E-state index in [0.29, 0.717) is 0 Å². The number of halogens is 2. The molecule has 0 radical (unpaired) electrons. The Morgan fingerprint density at radius 1 is 1.16 bits per heavy atom. The summed E-state index contributed by atoms with van der Waals surface area (Å²) in [7, 11) is 1.68. The third-order valence-electron chi connectivity index (χ3n) is 2.78. The molecule has 0 aliphatic heterocycles. The van der Waals surface area contributed by atoms with Gasteiger partial charge in [0.1, 0.15) is 5.75 Å². The summed E-state index contributed by atoms with van der Waals surface area (Å²) in [6.45, 7) is 1.52. The highest BCUT2D eigenvalue weighted by Crippen LogP contribution is 2.22. The maximum Gasteiger partial charge on any atom is 0.123 e. The maximum absolute atomic E-state index is 5.96. The van der Waals surface area contributed by atoms with Gasteiger partial charge in [-0.25, -0.2) is 0 Å². The van der Waals surface area contributed by atoms with Crippen LogP contribution in [-0.2, 0) is 13.1 Å². The van der Waals surface area contributed by atoms with Crippen molar-refractivity contribution in [3.8, 4) is 5.75 Å². The summed E-state index contributed by atoms with van der Waals surface area (Å²) in [5, 5.41) is 4.15. The predicted molar refractivity (Wildman–Crippen MR) is 82.7 cm³/mol. The Hall–Kier alpha value is -1.03. The van der Waals surface area contributed by atoms with E-state index < -0.39 is 0 Å². The molecule has 1 N–H and O–H groups in total. The molecule has 0 saturated carbocycles. The molecule has 4 heteroatoms. The van der Waals surface area contributed by atoms with E-state index >= 15 is 0 Å². The standard InChI is InChI=1S/C15H15BrClNO/c1-19-15-6-5-13(16)8-12(15)10-18-9-11-3-2-4-14(17)7-11/h2-8,18H,9-10H2,1H3. The predicted octanol–water partition coefficient (Wildman–Crippen LogP) is 4.40. The summed E-state index contributed by atoms with van der Waals surface area (Å²) >= 11 is 9.43. The maximum atomic E-state index is 5.96. The topological polar surface area (TPSA) is 21.3 Å². The van der Waals surface area contributed by atoms with Gasteiger partial charge >= 0.3 is 0 Å². The van der Waals surface area contributed by atoms with Crippen molar-refractivity contribution in [3.63, 3.8) is 0 Å². The SMILES string of the molecule is COc1ccc(Br)cc1CNCc1cccc(Cl)c1. The van der Waals surface area contributed by atoms with Crippen LogP contribution in [0.3, 0.4) is 0 Å². The molecule has 0 saturated heterocycles. The van der Waals surface area contributed by atoms with Gasteiger partial charge in [0.25, 0.3) is 0 Å². The third-order valence-corrected chi connectivity index (χ3v) is 3.50. The van der Waals surface area contributed by atoms with Crippen LogP contribution in [0.1, 0.15) is 11.1 Å². The zero-order valence-electron chi connectivity index (χ0n) is 10.6. The molecule has 2 nitrogen and oxygen atoms in total. The van der Waals surface area contributed by atoms with Crippen molar-refractivity contribution in [2.45, 2.75) is 13.1 Å². The lowest BCUT2D eigenvalue weighted by atomic mass is 10.2. The largest absolute Gasteiger partial charge is 0.496 e. The third kappa shape index (κ3) is 4.23. The number of rotatable bonds is 5. The molecule has 0 fully saturated rings. The number of nitrogens with one attached hydrogen (secondary N) is 1. The Morgan fingerprint density at radius 2 is 2.00 bits per heavy atom. The van der Waals surface area contributed by atoms with Crippen molar-refractivity contribution < 1.29 is 4.74 Å². The molecule has 0 amide bonds. The van der Waals surface area contributed by atoms with Gasteiger partial charge in [-0.05, 0) is 35.9 Å². The van der Waals surface area contributed by atoms with Gasteiger partial charge in [0.05, 0.1) is 7.11 Å². The fourth-order valence-electron chi connectivity index (χ4n) is 1.87. The summed E-state index contributed by atoms with van der Waals surface area (Å²) in [6.07, 6.45) is 0. The van der Waals surface area contributed by atoms with E-state index in [4.69, 9.17) is 16.3 Å². The van der Waals surface area contributed by atoms with E-state index in [-0.39, 0.29) is 0 Å². The molecule has 0 heterocycles. The van der Waals surface area contributed by atoms with Gasteiger partial charge in [0.15, 0.2) is 0 Å². The Labute approximate surface area is 126 Å². The van der Waals surface area contributed by atoms with Gasteiger partial charge in [-0.15, -0.1) is 0 Å².